The quantitative estimate of drug-likeness (QED) is 0.728. The first kappa shape index (κ1) is 18.0. The van der Waals surface area contributed by atoms with Gasteiger partial charge in [-0.15, -0.1) is 10.2 Å². The maximum Gasteiger partial charge on any atom is 0.230 e. The maximum absolute atomic E-state index is 12.5. The zero-order valence-electron chi connectivity index (χ0n) is 15.5. The number of rotatable bonds is 5. The molecule has 1 unspecified atom stereocenters. The number of hydrogen-bond acceptors (Lipinski definition) is 7. The highest BCUT2D eigenvalue weighted by Gasteiger charge is 2.27. The monoisotopic (exact) mass is 379 g/mol. The van der Waals surface area contributed by atoms with Crippen molar-refractivity contribution in [3.63, 3.8) is 0 Å². The lowest BCUT2D eigenvalue weighted by Gasteiger charge is -2.32. The van der Waals surface area contributed by atoms with Crippen LogP contribution in [0, 0.1) is 5.92 Å². The summed E-state index contributed by atoms with van der Waals surface area (Å²) in [7, 11) is 1.64. The second kappa shape index (κ2) is 8.08. The van der Waals surface area contributed by atoms with Crippen LogP contribution in [0.4, 0.5) is 11.6 Å². The summed E-state index contributed by atoms with van der Waals surface area (Å²) in [5.74, 6) is 1.83. The summed E-state index contributed by atoms with van der Waals surface area (Å²) in [6.07, 6.45) is 3.18. The molecule has 1 amide bonds. The highest BCUT2D eigenvalue weighted by molar-refractivity contribution is 5.92. The number of carbonyl (C=O) groups excluding carboxylic acids is 1. The topological polar surface area (TPSA) is 93.4 Å². The SMILES string of the molecule is COc1ccc(-c2ccc(N3CCCC(C(=O)Nc4ccon4)C3)nn2)cc1. The summed E-state index contributed by atoms with van der Waals surface area (Å²) in [5.41, 5.74) is 1.77. The van der Waals surface area contributed by atoms with Crippen molar-refractivity contribution >= 4 is 17.5 Å². The molecule has 0 bridgehead atoms. The third-order valence-corrected chi connectivity index (χ3v) is 4.84. The number of piperidine rings is 1. The lowest BCUT2D eigenvalue weighted by molar-refractivity contribution is -0.120. The van der Waals surface area contributed by atoms with Crippen molar-refractivity contribution in [2.24, 2.45) is 5.92 Å². The molecule has 8 heteroatoms. The van der Waals surface area contributed by atoms with Crippen LogP contribution in [0.3, 0.4) is 0 Å². The standard InChI is InChI=1S/C20H21N5O3/c1-27-16-6-4-14(5-7-16)17-8-9-19(23-22-17)25-11-2-3-15(13-25)20(26)21-18-10-12-28-24-18/h4-10,12,15H,2-3,11,13H2,1H3,(H,21,24,26). The number of nitrogens with one attached hydrogen (secondary N) is 1. The highest BCUT2D eigenvalue weighted by atomic mass is 16.5. The number of nitrogens with zero attached hydrogens (tertiary/aromatic N) is 4. The van der Waals surface area contributed by atoms with Crippen molar-refractivity contribution < 1.29 is 14.1 Å². The second-order valence-electron chi connectivity index (χ2n) is 6.66. The molecule has 1 aromatic carbocycles. The van der Waals surface area contributed by atoms with Gasteiger partial charge in [0, 0.05) is 24.7 Å². The summed E-state index contributed by atoms with van der Waals surface area (Å²) >= 11 is 0. The number of methoxy groups -OCH3 is 1. The van der Waals surface area contributed by atoms with Gasteiger partial charge in [0.1, 0.15) is 12.0 Å². The third kappa shape index (κ3) is 3.95. The molecule has 1 N–H and O–H groups in total. The van der Waals surface area contributed by atoms with Gasteiger partial charge in [-0.1, -0.05) is 5.16 Å². The largest absolute Gasteiger partial charge is 0.497 e. The van der Waals surface area contributed by atoms with Gasteiger partial charge < -0.3 is 19.5 Å². The minimum Gasteiger partial charge on any atom is -0.497 e. The lowest BCUT2D eigenvalue weighted by atomic mass is 9.97. The van der Waals surface area contributed by atoms with Crippen LogP contribution in [-0.4, -0.2) is 41.5 Å². The van der Waals surface area contributed by atoms with Gasteiger partial charge in [-0.3, -0.25) is 4.79 Å². The average molecular weight is 379 g/mol. The molecule has 0 saturated carbocycles. The molecule has 1 fully saturated rings. The fourth-order valence-corrected chi connectivity index (χ4v) is 3.31. The van der Waals surface area contributed by atoms with E-state index < -0.39 is 0 Å². The number of amides is 1. The van der Waals surface area contributed by atoms with E-state index >= 15 is 0 Å². The van der Waals surface area contributed by atoms with E-state index in [1.807, 2.05) is 36.4 Å². The normalized spacial score (nSPS) is 16.6. The molecule has 0 spiro atoms. The molecule has 28 heavy (non-hydrogen) atoms. The number of aromatic nitrogens is 3. The van der Waals surface area contributed by atoms with E-state index in [-0.39, 0.29) is 11.8 Å². The fraction of sp³-hybridized carbons (Fsp3) is 0.300. The van der Waals surface area contributed by atoms with Gasteiger partial charge in [0.25, 0.3) is 0 Å². The summed E-state index contributed by atoms with van der Waals surface area (Å²) < 4.78 is 9.93. The molecule has 1 atom stereocenters. The van der Waals surface area contributed by atoms with E-state index in [1.54, 1.807) is 13.2 Å². The highest BCUT2D eigenvalue weighted by Crippen LogP contribution is 2.25. The van der Waals surface area contributed by atoms with Crippen LogP contribution < -0.4 is 15.0 Å². The van der Waals surface area contributed by atoms with E-state index in [9.17, 15) is 4.79 Å². The van der Waals surface area contributed by atoms with Gasteiger partial charge >= 0.3 is 0 Å². The van der Waals surface area contributed by atoms with Gasteiger partial charge in [0.2, 0.25) is 5.91 Å². The van der Waals surface area contributed by atoms with Gasteiger partial charge in [-0.05, 0) is 49.2 Å². The predicted molar refractivity (Wildman–Crippen MR) is 104 cm³/mol. The first-order valence-corrected chi connectivity index (χ1v) is 9.17. The second-order valence-corrected chi connectivity index (χ2v) is 6.66. The van der Waals surface area contributed by atoms with Crippen LogP contribution in [0.1, 0.15) is 12.8 Å². The van der Waals surface area contributed by atoms with Crippen molar-refractivity contribution in [1.82, 2.24) is 15.4 Å². The Kier molecular flexibility index (Phi) is 5.18. The molecule has 144 valence electrons. The van der Waals surface area contributed by atoms with Crippen LogP contribution in [0.5, 0.6) is 5.75 Å². The van der Waals surface area contributed by atoms with Crippen LogP contribution in [-0.2, 0) is 4.79 Å². The summed E-state index contributed by atoms with van der Waals surface area (Å²) in [5, 5.41) is 15.2. The predicted octanol–water partition coefficient (Wildman–Crippen LogP) is 3.00. The average Bonchev–Trinajstić information content (AvgIpc) is 3.27. The molecule has 2 aromatic heterocycles. The molecule has 3 aromatic rings. The Morgan fingerprint density at radius 2 is 2.04 bits per heavy atom. The van der Waals surface area contributed by atoms with Gasteiger partial charge in [-0.2, -0.15) is 0 Å². The van der Waals surface area contributed by atoms with E-state index in [0.717, 1.165) is 42.2 Å². The first-order valence-electron chi connectivity index (χ1n) is 9.17. The van der Waals surface area contributed by atoms with Crippen LogP contribution >= 0.6 is 0 Å². The lowest BCUT2D eigenvalue weighted by Crippen LogP contribution is -2.41. The Morgan fingerprint density at radius 3 is 2.71 bits per heavy atom. The van der Waals surface area contributed by atoms with Crippen molar-refractivity contribution in [2.75, 3.05) is 30.4 Å². The maximum atomic E-state index is 12.5. The van der Waals surface area contributed by atoms with E-state index in [2.05, 4.69) is 25.6 Å². The summed E-state index contributed by atoms with van der Waals surface area (Å²) in [4.78, 5) is 14.6. The number of carbonyl (C=O) groups is 1. The molecule has 0 radical (unpaired) electrons. The Balaban J connectivity index is 1.42. The molecule has 8 nitrogen and oxygen atoms in total. The number of anilines is 2. The van der Waals surface area contributed by atoms with E-state index in [4.69, 9.17) is 9.26 Å². The minimum absolute atomic E-state index is 0.0542. The Bertz CT molecular complexity index is 910. The zero-order valence-corrected chi connectivity index (χ0v) is 15.5. The molecule has 1 aliphatic heterocycles. The number of hydrogen-bond donors (Lipinski definition) is 1. The Labute approximate surface area is 162 Å². The van der Waals surface area contributed by atoms with Crippen molar-refractivity contribution in [3.05, 3.63) is 48.7 Å². The fourth-order valence-electron chi connectivity index (χ4n) is 3.31. The first-order chi connectivity index (χ1) is 13.7. The molecular weight excluding hydrogens is 358 g/mol. The van der Waals surface area contributed by atoms with Crippen LogP contribution in [0.15, 0.2) is 53.3 Å². The van der Waals surface area contributed by atoms with Gasteiger partial charge in [0.05, 0.1) is 18.7 Å². The van der Waals surface area contributed by atoms with Gasteiger partial charge in [0.15, 0.2) is 11.6 Å². The van der Waals surface area contributed by atoms with E-state index in [1.165, 1.54) is 6.26 Å². The Morgan fingerprint density at radius 1 is 1.18 bits per heavy atom. The van der Waals surface area contributed by atoms with Crippen LogP contribution in [0.2, 0.25) is 0 Å². The molecule has 3 heterocycles. The van der Waals surface area contributed by atoms with Crippen LogP contribution in [0.25, 0.3) is 11.3 Å². The molecule has 4 rings (SSSR count). The summed E-state index contributed by atoms with van der Waals surface area (Å²) in [6.45, 7) is 1.45. The smallest absolute Gasteiger partial charge is 0.230 e. The van der Waals surface area contributed by atoms with Crippen molar-refractivity contribution in [3.8, 4) is 17.0 Å². The van der Waals surface area contributed by atoms with E-state index in [0.29, 0.717) is 12.4 Å². The zero-order chi connectivity index (χ0) is 19.3. The molecule has 1 aliphatic rings. The number of ether oxygens (including phenoxy) is 1. The molecular formula is C20H21N5O3. The third-order valence-electron chi connectivity index (χ3n) is 4.84. The number of benzene rings is 1. The van der Waals surface area contributed by atoms with Crippen molar-refractivity contribution in [2.45, 2.75) is 12.8 Å². The molecule has 0 aliphatic carbocycles. The molecule has 1 saturated heterocycles. The minimum atomic E-state index is -0.131. The summed E-state index contributed by atoms with van der Waals surface area (Å²) in [6, 6.07) is 13.2. The Hall–Kier alpha value is -3.42. The van der Waals surface area contributed by atoms with Gasteiger partial charge in [-0.25, -0.2) is 0 Å². The van der Waals surface area contributed by atoms with Crippen molar-refractivity contribution in [1.29, 1.82) is 0 Å².